The van der Waals surface area contributed by atoms with E-state index in [1.165, 1.54) is 0 Å². The highest BCUT2D eigenvalue weighted by atomic mass is 35.5. The summed E-state index contributed by atoms with van der Waals surface area (Å²) in [5.74, 6) is 0. The fourth-order valence-electron chi connectivity index (χ4n) is 1.76. The lowest BCUT2D eigenvalue weighted by atomic mass is 10.4. The van der Waals surface area contributed by atoms with Gasteiger partial charge in [0.25, 0.3) is 0 Å². The Balaban J connectivity index is 2.36. The average molecular weight is 260 g/mol. The van der Waals surface area contributed by atoms with E-state index in [1.54, 1.807) is 35.2 Å². The van der Waals surface area contributed by atoms with E-state index in [0.717, 1.165) is 0 Å². The Morgan fingerprint density at radius 2 is 1.88 bits per heavy atom. The minimum Gasteiger partial charge on any atom is -0.264 e. The van der Waals surface area contributed by atoms with Crippen molar-refractivity contribution in [2.24, 2.45) is 0 Å². The van der Waals surface area contributed by atoms with Crippen molar-refractivity contribution in [3.63, 3.8) is 0 Å². The number of halogens is 1. The lowest BCUT2D eigenvalue weighted by molar-refractivity contribution is 0.430. The first-order valence-corrected chi connectivity index (χ1v) is 7.01. The van der Waals surface area contributed by atoms with Crippen LogP contribution in [0.4, 0.5) is 0 Å². The topological polar surface area (TPSA) is 37.1 Å². The summed E-state index contributed by atoms with van der Waals surface area (Å²) in [6.45, 7) is 4.26. The van der Waals surface area contributed by atoms with Crippen molar-refractivity contribution in [3.05, 3.63) is 30.3 Å². The van der Waals surface area contributed by atoms with Gasteiger partial charge in [-0.05, 0) is 26.0 Å². The van der Waals surface area contributed by atoms with E-state index in [2.05, 4.69) is 0 Å². The number of alkyl halides is 1. The molecule has 1 saturated heterocycles. The van der Waals surface area contributed by atoms with Gasteiger partial charge in [-0.15, -0.1) is 0 Å². The van der Waals surface area contributed by atoms with Crippen LogP contribution in [0, 0.1) is 0 Å². The molecule has 0 amide bonds. The van der Waals surface area contributed by atoms with E-state index in [9.17, 15) is 8.42 Å². The van der Waals surface area contributed by atoms with Gasteiger partial charge in [-0.2, -0.15) is 0 Å². The summed E-state index contributed by atoms with van der Waals surface area (Å²) in [5.41, 5.74) is 0. The van der Waals surface area contributed by atoms with Crippen LogP contribution in [0.2, 0.25) is 0 Å². The average Bonchev–Trinajstić information content (AvgIpc) is 2.94. The fourth-order valence-corrected chi connectivity index (χ4v) is 4.06. The molecule has 0 bridgehead atoms. The molecule has 1 aliphatic heterocycles. The maximum Gasteiger partial charge on any atom is 0.216 e. The van der Waals surface area contributed by atoms with Gasteiger partial charge in [0.2, 0.25) is 14.2 Å². The van der Waals surface area contributed by atoms with Crippen molar-refractivity contribution in [1.29, 1.82) is 0 Å². The number of hydrogen-bond donors (Lipinski definition) is 0. The molecular formula is C11H14ClNO2S. The molecule has 1 aromatic carbocycles. The van der Waals surface area contributed by atoms with E-state index < -0.39 is 14.2 Å². The zero-order valence-corrected chi connectivity index (χ0v) is 10.8. The smallest absolute Gasteiger partial charge is 0.216 e. The van der Waals surface area contributed by atoms with E-state index in [0.29, 0.717) is 6.54 Å². The van der Waals surface area contributed by atoms with Crippen LogP contribution in [0.15, 0.2) is 35.2 Å². The maximum absolute atomic E-state index is 12.3. The molecule has 1 aromatic rings. The van der Waals surface area contributed by atoms with Crippen LogP contribution in [0.5, 0.6) is 0 Å². The quantitative estimate of drug-likeness (QED) is 0.474. The van der Waals surface area contributed by atoms with Crippen molar-refractivity contribution >= 4 is 21.4 Å². The Morgan fingerprint density at radius 1 is 1.31 bits per heavy atom. The second-order valence-electron chi connectivity index (χ2n) is 4.23. The molecule has 3 nitrogen and oxygen atoms in total. The van der Waals surface area contributed by atoms with E-state index in [1.807, 2.05) is 13.8 Å². The fraction of sp³-hybridized carbons (Fsp3) is 0.455. The van der Waals surface area contributed by atoms with Crippen molar-refractivity contribution < 1.29 is 8.42 Å². The van der Waals surface area contributed by atoms with Crippen molar-refractivity contribution in [2.45, 2.75) is 29.1 Å². The molecule has 88 valence electrons. The summed E-state index contributed by atoms with van der Waals surface area (Å²) in [4.78, 5) is 2.05. The molecule has 1 heterocycles. The SMILES string of the molecule is CC(C)N1CC1(Cl)S(=O)(=O)c1ccccc1. The molecule has 0 radical (unpaired) electrons. The second-order valence-corrected chi connectivity index (χ2v) is 7.23. The summed E-state index contributed by atoms with van der Waals surface area (Å²) in [5, 5.41) is 0. The van der Waals surface area contributed by atoms with Crippen LogP contribution in [0.3, 0.4) is 0 Å². The summed E-state index contributed by atoms with van der Waals surface area (Å²) in [6, 6.07) is 8.49. The molecule has 0 saturated carbocycles. The van der Waals surface area contributed by atoms with Gasteiger partial charge in [0.15, 0.2) is 0 Å². The number of nitrogens with zero attached hydrogens (tertiary/aromatic N) is 1. The third kappa shape index (κ3) is 1.65. The van der Waals surface area contributed by atoms with Crippen molar-refractivity contribution in [2.75, 3.05) is 6.54 Å². The first-order chi connectivity index (χ1) is 7.39. The first-order valence-electron chi connectivity index (χ1n) is 5.15. The van der Waals surface area contributed by atoms with E-state index in [4.69, 9.17) is 11.6 Å². The molecule has 1 fully saturated rings. The van der Waals surface area contributed by atoms with Crippen LogP contribution in [0.25, 0.3) is 0 Å². The standard InChI is InChI=1S/C11H14ClNO2S/c1-9(2)13-8-11(13,12)16(14,15)10-6-4-3-5-7-10/h3-7,9H,8H2,1-2H3. The highest BCUT2D eigenvalue weighted by Crippen LogP contribution is 2.46. The predicted octanol–water partition coefficient (Wildman–Crippen LogP) is 2.08. The van der Waals surface area contributed by atoms with Gasteiger partial charge in [-0.25, -0.2) is 8.42 Å². The Morgan fingerprint density at radius 3 is 2.31 bits per heavy atom. The summed E-state index contributed by atoms with van der Waals surface area (Å²) >= 11 is 6.17. The highest BCUT2D eigenvalue weighted by Gasteiger charge is 2.62. The van der Waals surface area contributed by atoms with Crippen LogP contribution < -0.4 is 0 Å². The number of hydrogen-bond acceptors (Lipinski definition) is 3. The number of benzene rings is 1. The van der Waals surface area contributed by atoms with Gasteiger partial charge >= 0.3 is 0 Å². The minimum atomic E-state index is -3.47. The Labute approximate surface area is 101 Å². The highest BCUT2D eigenvalue weighted by molar-refractivity contribution is 7.94. The molecule has 0 N–H and O–H groups in total. The Kier molecular flexibility index (Phi) is 2.77. The van der Waals surface area contributed by atoms with E-state index >= 15 is 0 Å². The molecule has 0 aromatic heterocycles. The molecule has 2 atom stereocenters. The Bertz CT molecular complexity index is 486. The molecule has 2 unspecified atom stereocenters. The maximum atomic E-state index is 12.3. The number of rotatable bonds is 3. The Hall–Kier alpha value is -0.580. The van der Waals surface area contributed by atoms with Gasteiger partial charge < -0.3 is 0 Å². The van der Waals surface area contributed by atoms with Gasteiger partial charge in [0.1, 0.15) is 0 Å². The molecule has 5 heteroatoms. The minimum absolute atomic E-state index is 0.135. The van der Waals surface area contributed by atoms with Gasteiger partial charge in [0.05, 0.1) is 4.90 Å². The van der Waals surface area contributed by atoms with Crippen molar-refractivity contribution in [3.8, 4) is 0 Å². The summed E-state index contributed by atoms with van der Waals surface area (Å²) in [6.07, 6.45) is 0. The van der Waals surface area contributed by atoms with E-state index in [-0.39, 0.29) is 10.9 Å². The molecule has 16 heavy (non-hydrogen) atoms. The zero-order valence-electron chi connectivity index (χ0n) is 9.22. The summed E-state index contributed by atoms with van der Waals surface area (Å²) in [7, 11) is -3.47. The monoisotopic (exact) mass is 259 g/mol. The van der Waals surface area contributed by atoms with Gasteiger partial charge in [-0.1, -0.05) is 29.8 Å². The third-order valence-corrected chi connectivity index (χ3v) is 5.81. The molecule has 2 rings (SSSR count). The lowest BCUT2D eigenvalue weighted by Crippen LogP contribution is -2.27. The second kappa shape index (κ2) is 3.72. The molecule has 1 aliphatic rings. The van der Waals surface area contributed by atoms with Crippen molar-refractivity contribution in [1.82, 2.24) is 4.90 Å². The van der Waals surface area contributed by atoms with Gasteiger partial charge in [0, 0.05) is 12.6 Å². The predicted molar refractivity (Wildman–Crippen MR) is 64.1 cm³/mol. The van der Waals surface area contributed by atoms with Crippen LogP contribution >= 0.6 is 11.6 Å². The summed E-state index contributed by atoms with van der Waals surface area (Å²) < 4.78 is 23.3. The van der Waals surface area contributed by atoms with Crippen LogP contribution in [-0.2, 0) is 9.84 Å². The van der Waals surface area contributed by atoms with Gasteiger partial charge in [-0.3, -0.25) is 4.90 Å². The number of sulfone groups is 1. The zero-order chi connectivity index (χ0) is 12.0. The molecule has 0 aliphatic carbocycles. The lowest BCUT2D eigenvalue weighted by Gasteiger charge is -2.14. The molecule has 0 spiro atoms. The van der Waals surface area contributed by atoms with Crippen LogP contribution in [0.1, 0.15) is 13.8 Å². The largest absolute Gasteiger partial charge is 0.264 e. The normalized spacial score (nSPS) is 29.4. The first kappa shape index (κ1) is 11.9. The third-order valence-electron chi connectivity index (χ3n) is 2.78. The molecular weight excluding hydrogens is 246 g/mol. The van der Waals surface area contributed by atoms with Crippen LogP contribution in [-0.4, -0.2) is 30.2 Å².